The van der Waals surface area contributed by atoms with Crippen LogP contribution >= 0.6 is 11.6 Å². The minimum atomic E-state index is -4.88. The van der Waals surface area contributed by atoms with Crippen molar-refractivity contribution in [3.05, 3.63) is 58.9 Å². The molecule has 0 saturated carbocycles. The van der Waals surface area contributed by atoms with Crippen LogP contribution in [0.3, 0.4) is 0 Å². The van der Waals surface area contributed by atoms with Gasteiger partial charge >= 0.3 is 6.18 Å². The Hall–Kier alpha value is -2.65. The zero-order valence-corrected chi connectivity index (χ0v) is 17.7. The van der Waals surface area contributed by atoms with E-state index >= 15 is 0 Å². The number of carbonyl (C=O) groups excluding carboxylic acids is 1. The van der Waals surface area contributed by atoms with E-state index in [-0.39, 0.29) is 21.8 Å². The average Bonchev–Trinajstić information content (AvgIpc) is 3.02. The molecule has 0 spiro atoms. The topological polar surface area (TPSA) is 69.0 Å². The number of imidazole rings is 1. The molecular formula is C20H16ClF3N2O3S. The Bertz CT molecular complexity index is 1250. The highest BCUT2D eigenvalue weighted by atomic mass is 35.5. The monoisotopic (exact) mass is 456 g/mol. The van der Waals surface area contributed by atoms with Crippen LogP contribution in [0.4, 0.5) is 13.2 Å². The standard InChI is InChI=1S/C20H16ClF3N2O3S/c1-11-10-14(21)6-9-16(11)18-17(13-4-7-15(8-5-13)30(3,28)29)25-19(20(22,23)24)26(18)12(2)27/h4-10H,1-3H3. The van der Waals surface area contributed by atoms with Crippen LogP contribution in [0, 0.1) is 6.92 Å². The van der Waals surface area contributed by atoms with E-state index in [9.17, 15) is 26.4 Å². The van der Waals surface area contributed by atoms with Gasteiger partial charge in [0.05, 0.1) is 16.3 Å². The first-order valence-electron chi connectivity index (χ1n) is 8.58. The molecule has 0 radical (unpaired) electrons. The lowest BCUT2D eigenvalue weighted by Crippen LogP contribution is -2.19. The Labute approximate surface area is 176 Å². The van der Waals surface area contributed by atoms with Crippen molar-refractivity contribution in [3.63, 3.8) is 0 Å². The molecule has 0 aliphatic rings. The van der Waals surface area contributed by atoms with Crippen LogP contribution in [0.5, 0.6) is 0 Å². The van der Waals surface area contributed by atoms with E-state index in [0.29, 0.717) is 20.7 Å². The van der Waals surface area contributed by atoms with Gasteiger partial charge in [0.1, 0.15) is 0 Å². The van der Waals surface area contributed by atoms with Crippen LogP contribution in [0.1, 0.15) is 23.1 Å². The second-order valence-electron chi connectivity index (χ2n) is 6.74. The summed E-state index contributed by atoms with van der Waals surface area (Å²) < 4.78 is 65.0. The smallest absolute Gasteiger partial charge is 0.274 e. The lowest BCUT2D eigenvalue weighted by molar-refractivity contribution is -0.146. The van der Waals surface area contributed by atoms with Gasteiger partial charge in [0.15, 0.2) is 9.84 Å². The number of hydrogen-bond donors (Lipinski definition) is 0. The average molecular weight is 457 g/mol. The van der Waals surface area contributed by atoms with Crippen LogP contribution in [0.25, 0.3) is 22.5 Å². The molecule has 0 aliphatic heterocycles. The summed E-state index contributed by atoms with van der Waals surface area (Å²) in [5.74, 6) is -2.22. The second kappa shape index (κ2) is 7.55. The lowest BCUT2D eigenvalue weighted by atomic mass is 10.0. The minimum absolute atomic E-state index is 0.0116. The van der Waals surface area contributed by atoms with E-state index in [1.54, 1.807) is 13.0 Å². The Kier molecular flexibility index (Phi) is 5.55. The molecule has 0 N–H and O–H groups in total. The Morgan fingerprint density at radius 1 is 1.10 bits per heavy atom. The molecule has 1 aromatic heterocycles. The fraction of sp³-hybridized carbons (Fsp3) is 0.200. The molecule has 3 rings (SSSR count). The minimum Gasteiger partial charge on any atom is -0.274 e. The van der Waals surface area contributed by atoms with Crippen molar-refractivity contribution in [1.29, 1.82) is 0 Å². The molecule has 0 unspecified atom stereocenters. The number of nitrogens with zero attached hydrogens (tertiary/aromatic N) is 2. The molecular weight excluding hydrogens is 441 g/mol. The van der Waals surface area contributed by atoms with Crippen molar-refractivity contribution in [2.45, 2.75) is 24.9 Å². The number of rotatable bonds is 3. The molecule has 5 nitrogen and oxygen atoms in total. The molecule has 0 bridgehead atoms. The Balaban J connectivity index is 2.38. The summed E-state index contributed by atoms with van der Waals surface area (Å²) in [6.07, 6.45) is -3.86. The number of alkyl halides is 3. The molecule has 158 valence electrons. The van der Waals surface area contributed by atoms with E-state index in [1.165, 1.54) is 36.4 Å². The summed E-state index contributed by atoms with van der Waals surface area (Å²) in [6, 6.07) is 9.87. The fourth-order valence-corrected chi connectivity index (χ4v) is 3.98. The van der Waals surface area contributed by atoms with Gasteiger partial charge in [-0.25, -0.2) is 13.4 Å². The first-order chi connectivity index (χ1) is 13.8. The second-order valence-corrected chi connectivity index (χ2v) is 9.19. The summed E-state index contributed by atoms with van der Waals surface area (Å²) in [4.78, 5) is 16.0. The van der Waals surface area contributed by atoms with E-state index in [1.807, 2.05) is 0 Å². The number of aryl methyl sites for hydroxylation is 1. The van der Waals surface area contributed by atoms with Gasteiger partial charge < -0.3 is 0 Å². The zero-order valence-electron chi connectivity index (χ0n) is 16.1. The highest BCUT2D eigenvalue weighted by molar-refractivity contribution is 7.90. The first kappa shape index (κ1) is 22.0. The van der Waals surface area contributed by atoms with E-state index in [0.717, 1.165) is 13.2 Å². The number of sulfone groups is 1. The van der Waals surface area contributed by atoms with Crippen molar-refractivity contribution in [2.24, 2.45) is 0 Å². The molecule has 0 fully saturated rings. The molecule has 30 heavy (non-hydrogen) atoms. The van der Waals surface area contributed by atoms with Crippen molar-refractivity contribution in [3.8, 4) is 22.5 Å². The van der Waals surface area contributed by atoms with Crippen LogP contribution in [0.2, 0.25) is 5.02 Å². The van der Waals surface area contributed by atoms with E-state index in [4.69, 9.17) is 11.6 Å². The fourth-order valence-electron chi connectivity index (χ4n) is 3.12. The molecule has 10 heteroatoms. The third-order valence-corrected chi connectivity index (χ3v) is 5.81. The van der Waals surface area contributed by atoms with Gasteiger partial charge in [-0.3, -0.25) is 9.36 Å². The predicted molar refractivity (Wildman–Crippen MR) is 107 cm³/mol. The van der Waals surface area contributed by atoms with Crippen LogP contribution in [-0.2, 0) is 16.0 Å². The van der Waals surface area contributed by atoms with Gasteiger partial charge in [-0.05, 0) is 36.8 Å². The maximum absolute atomic E-state index is 13.7. The van der Waals surface area contributed by atoms with Gasteiger partial charge in [0.25, 0.3) is 0 Å². The number of hydrogen-bond acceptors (Lipinski definition) is 4. The first-order valence-corrected chi connectivity index (χ1v) is 10.9. The molecule has 0 atom stereocenters. The molecule has 1 heterocycles. The molecule has 2 aromatic carbocycles. The van der Waals surface area contributed by atoms with Gasteiger partial charge in [-0.1, -0.05) is 29.8 Å². The molecule has 0 aliphatic carbocycles. The quantitative estimate of drug-likeness (QED) is 0.539. The normalized spacial score (nSPS) is 12.2. The van der Waals surface area contributed by atoms with Crippen molar-refractivity contribution < 1.29 is 26.4 Å². The molecule has 0 saturated heterocycles. The number of benzene rings is 2. The van der Waals surface area contributed by atoms with Crippen molar-refractivity contribution in [2.75, 3.05) is 6.26 Å². The van der Waals surface area contributed by atoms with Crippen LogP contribution in [0.15, 0.2) is 47.4 Å². The summed E-state index contributed by atoms with van der Waals surface area (Å²) in [5.41, 5.74) is 0.990. The van der Waals surface area contributed by atoms with Gasteiger partial charge in [0.2, 0.25) is 11.7 Å². The van der Waals surface area contributed by atoms with E-state index < -0.39 is 27.7 Å². The largest absolute Gasteiger partial charge is 0.450 e. The van der Waals surface area contributed by atoms with E-state index in [2.05, 4.69) is 4.98 Å². The Morgan fingerprint density at radius 3 is 2.17 bits per heavy atom. The summed E-state index contributed by atoms with van der Waals surface area (Å²) in [5, 5.41) is 0.389. The van der Waals surface area contributed by atoms with Gasteiger partial charge in [-0.2, -0.15) is 13.2 Å². The van der Waals surface area contributed by atoms with Crippen LogP contribution in [-0.4, -0.2) is 30.1 Å². The molecule has 0 amide bonds. The maximum Gasteiger partial charge on any atom is 0.450 e. The SMILES string of the molecule is CC(=O)n1c(C(F)(F)F)nc(-c2ccc(S(C)(=O)=O)cc2)c1-c1ccc(Cl)cc1C. The third-order valence-electron chi connectivity index (χ3n) is 4.45. The maximum atomic E-state index is 13.7. The highest BCUT2D eigenvalue weighted by Crippen LogP contribution is 2.40. The number of carbonyl (C=O) groups is 1. The number of aromatic nitrogens is 2. The third kappa shape index (κ3) is 4.13. The number of halogens is 4. The summed E-state index contributed by atoms with van der Waals surface area (Å²) in [7, 11) is -3.49. The van der Waals surface area contributed by atoms with Crippen molar-refractivity contribution in [1.82, 2.24) is 9.55 Å². The lowest BCUT2D eigenvalue weighted by Gasteiger charge is -2.13. The highest BCUT2D eigenvalue weighted by Gasteiger charge is 2.40. The zero-order chi connectivity index (χ0) is 22.4. The summed E-state index contributed by atoms with van der Waals surface area (Å²) >= 11 is 5.98. The molecule has 3 aromatic rings. The summed E-state index contributed by atoms with van der Waals surface area (Å²) in [6.45, 7) is 2.67. The van der Waals surface area contributed by atoms with Gasteiger partial charge in [0, 0.05) is 29.3 Å². The van der Waals surface area contributed by atoms with Crippen LogP contribution < -0.4 is 0 Å². The predicted octanol–water partition coefficient (Wildman–Crippen LogP) is 5.26. The van der Waals surface area contributed by atoms with Crippen molar-refractivity contribution >= 4 is 27.3 Å². The Morgan fingerprint density at radius 2 is 1.70 bits per heavy atom. The van der Waals surface area contributed by atoms with Gasteiger partial charge in [-0.15, -0.1) is 0 Å².